The lowest BCUT2D eigenvalue weighted by molar-refractivity contribution is -0.119. The molecule has 1 amide bonds. The lowest BCUT2D eigenvalue weighted by atomic mass is 10.4. The molecule has 0 aliphatic heterocycles. The van der Waals surface area contributed by atoms with E-state index in [1.165, 1.54) is 6.92 Å². The molecule has 3 N–H and O–H groups in total. The van der Waals surface area contributed by atoms with E-state index in [9.17, 15) is 4.79 Å². The Morgan fingerprint density at radius 3 is 3.19 bits per heavy atom. The number of aromatic amines is 1. The Balaban J connectivity index is 1.95. The Hall–Kier alpha value is -1.80. The zero-order valence-electron chi connectivity index (χ0n) is 8.35. The minimum absolute atomic E-state index is 0.186. The molecule has 0 saturated heterocycles. The Morgan fingerprint density at radius 2 is 2.50 bits per heavy atom. The molecule has 2 heterocycles. The van der Waals surface area contributed by atoms with E-state index >= 15 is 0 Å². The maximum absolute atomic E-state index is 10.6. The summed E-state index contributed by atoms with van der Waals surface area (Å²) < 4.78 is 5.14. The summed E-state index contributed by atoms with van der Waals surface area (Å²) >= 11 is 1.09. The molecule has 0 saturated carbocycles. The van der Waals surface area contributed by atoms with Gasteiger partial charge in [0.05, 0.1) is 6.26 Å². The van der Waals surface area contributed by atoms with Gasteiger partial charge in [0.2, 0.25) is 11.1 Å². The molecule has 0 atom stereocenters. The molecule has 0 unspecified atom stereocenters. The van der Waals surface area contributed by atoms with E-state index in [1.807, 2.05) is 0 Å². The molecule has 0 spiro atoms. The molecular formula is C8H9N5O2S. The van der Waals surface area contributed by atoms with Crippen molar-refractivity contribution in [2.24, 2.45) is 0 Å². The molecule has 0 aliphatic rings. The SMILES string of the molecule is CC(=O)NNSc1n[nH]c(-c2ccco2)n1. The van der Waals surface area contributed by atoms with Crippen LogP contribution in [0.15, 0.2) is 28.0 Å². The van der Waals surface area contributed by atoms with Crippen molar-refractivity contribution in [1.82, 2.24) is 25.4 Å². The first-order chi connectivity index (χ1) is 7.75. The molecule has 0 aliphatic carbocycles. The van der Waals surface area contributed by atoms with Gasteiger partial charge in [0, 0.05) is 18.9 Å². The third-order valence-corrected chi connectivity index (χ3v) is 2.16. The summed E-state index contributed by atoms with van der Waals surface area (Å²) in [4.78, 5) is 17.3. The number of nitrogens with zero attached hydrogens (tertiary/aromatic N) is 2. The minimum Gasteiger partial charge on any atom is -0.461 e. The van der Waals surface area contributed by atoms with Gasteiger partial charge in [-0.3, -0.25) is 15.3 Å². The Bertz CT molecular complexity index is 466. The Labute approximate surface area is 95.1 Å². The number of rotatable bonds is 4. The summed E-state index contributed by atoms with van der Waals surface area (Å²) in [6, 6.07) is 3.54. The molecule has 2 rings (SSSR count). The Kier molecular flexibility index (Phi) is 3.22. The van der Waals surface area contributed by atoms with E-state index in [4.69, 9.17) is 4.42 Å². The van der Waals surface area contributed by atoms with Crippen LogP contribution < -0.4 is 10.3 Å². The number of hydrogen-bond acceptors (Lipinski definition) is 6. The summed E-state index contributed by atoms with van der Waals surface area (Å²) in [5, 5.41) is 7.10. The number of H-pyrrole nitrogens is 1. The molecule has 0 aromatic carbocycles. The highest BCUT2D eigenvalue weighted by atomic mass is 32.2. The first-order valence-electron chi connectivity index (χ1n) is 4.40. The second-order valence-corrected chi connectivity index (χ2v) is 3.60. The molecular weight excluding hydrogens is 230 g/mol. The van der Waals surface area contributed by atoms with Crippen LogP contribution in [0.25, 0.3) is 11.6 Å². The number of amides is 1. The van der Waals surface area contributed by atoms with Gasteiger partial charge in [0.15, 0.2) is 11.6 Å². The number of carbonyl (C=O) groups excluding carboxylic acids is 1. The van der Waals surface area contributed by atoms with Crippen molar-refractivity contribution in [3.63, 3.8) is 0 Å². The molecule has 0 fully saturated rings. The van der Waals surface area contributed by atoms with Crippen LogP contribution in [0.4, 0.5) is 0 Å². The van der Waals surface area contributed by atoms with Gasteiger partial charge in [-0.15, -0.1) is 5.10 Å². The highest BCUT2D eigenvalue weighted by Crippen LogP contribution is 2.17. The Morgan fingerprint density at radius 1 is 1.62 bits per heavy atom. The van der Waals surface area contributed by atoms with Crippen LogP contribution in [-0.4, -0.2) is 21.1 Å². The van der Waals surface area contributed by atoms with Crippen LogP contribution in [0.5, 0.6) is 0 Å². The van der Waals surface area contributed by atoms with Gasteiger partial charge in [-0.05, 0) is 12.1 Å². The van der Waals surface area contributed by atoms with Crippen molar-refractivity contribution in [3.05, 3.63) is 18.4 Å². The van der Waals surface area contributed by atoms with E-state index < -0.39 is 0 Å². The molecule has 8 heteroatoms. The van der Waals surface area contributed by atoms with Crippen molar-refractivity contribution in [3.8, 4) is 11.6 Å². The average Bonchev–Trinajstić information content (AvgIpc) is 2.85. The van der Waals surface area contributed by atoms with Crippen molar-refractivity contribution < 1.29 is 9.21 Å². The van der Waals surface area contributed by atoms with Gasteiger partial charge in [-0.1, -0.05) is 0 Å². The number of carbonyl (C=O) groups is 1. The van der Waals surface area contributed by atoms with Crippen molar-refractivity contribution in [2.45, 2.75) is 12.1 Å². The maximum Gasteiger partial charge on any atom is 0.231 e. The first-order valence-corrected chi connectivity index (χ1v) is 5.22. The van der Waals surface area contributed by atoms with Gasteiger partial charge in [0.1, 0.15) is 0 Å². The van der Waals surface area contributed by atoms with Crippen molar-refractivity contribution in [1.29, 1.82) is 0 Å². The number of furan rings is 1. The van der Waals surface area contributed by atoms with Gasteiger partial charge in [0.25, 0.3) is 0 Å². The van der Waals surface area contributed by atoms with Crippen LogP contribution >= 0.6 is 11.9 Å². The zero-order valence-corrected chi connectivity index (χ0v) is 9.17. The summed E-state index contributed by atoms with van der Waals surface area (Å²) in [6.07, 6.45) is 1.56. The second-order valence-electron chi connectivity index (χ2n) is 2.83. The number of aromatic nitrogens is 3. The summed E-state index contributed by atoms with van der Waals surface area (Å²) in [6.45, 7) is 1.40. The highest BCUT2D eigenvalue weighted by molar-refractivity contribution is 7.97. The fourth-order valence-electron chi connectivity index (χ4n) is 0.959. The number of nitrogens with one attached hydrogen (secondary N) is 3. The van der Waals surface area contributed by atoms with E-state index in [-0.39, 0.29) is 5.91 Å². The smallest absolute Gasteiger partial charge is 0.231 e. The topological polar surface area (TPSA) is 95.8 Å². The van der Waals surface area contributed by atoms with E-state index in [0.29, 0.717) is 16.7 Å². The second kappa shape index (κ2) is 4.81. The summed E-state index contributed by atoms with van der Waals surface area (Å²) in [7, 11) is 0. The van der Waals surface area contributed by atoms with Gasteiger partial charge in [-0.2, -0.15) is 9.82 Å². The van der Waals surface area contributed by atoms with Crippen LogP contribution in [0.1, 0.15) is 6.92 Å². The van der Waals surface area contributed by atoms with E-state index in [1.54, 1.807) is 18.4 Å². The molecule has 16 heavy (non-hydrogen) atoms. The quantitative estimate of drug-likeness (QED) is 0.537. The van der Waals surface area contributed by atoms with E-state index in [2.05, 4.69) is 25.4 Å². The number of hydrogen-bond donors (Lipinski definition) is 3. The largest absolute Gasteiger partial charge is 0.461 e. The molecule has 0 radical (unpaired) electrons. The molecule has 2 aromatic rings. The third kappa shape index (κ3) is 2.61. The zero-order chi connectivity index (χ0) is 11.4. The lowest BCUT2D eigenvalue weighted by Crippen LogP contribution is -2.30. The third-order valence-electron chi connectivity index (χ3n) is 1.59. The lowest BCUT2D eigenvalue weighted by Gasteiger charge is -1.98. The molecule has 84 valence electrons. The molecule has 2 aromatic heterocycles. The van der Waals surface area contributed by atoms with Crippen LogP contribution in [0.3, 0.4) is 0 Å². The van der Waals surface area contributed by atoms with Crippen molar-refractivity contribution in [2.75, 3.05) is 0 Å². The highest BCUT2D eigenvalue weighted by Gasteiger charge is 2.07. The molecule has 7 nitrogen and oxygen atoms in total. The minimum atomic E-state index is -0.186. The van der Waals surface area contributed by atoms with Crippen LogP contribution in [-0.2, 0) is 4.79 Å². The predicted octanol–water partition coefficient (Wildman–Crippen LogP) is 0.712. The average molecular weight is 239 g/mol. The maximum atomic E-state index is 10.6. The van der Waals surface area contributed by atoms with Crippen LogP contribution in [0, 0.1) is 0 Å². The molecule has 0 bridgehead atoms. The van der Waals surface area contributed by atoms with Crippen LogP contribution in [0.2, 0.25) is 0 Å². The summed E-state index contributed by atoms with van der Waals surface area (Å²) in [5.74, 6) is 0.963. The predicted molar refractivity (Wildman–Crippen MR) is 56.9 cm³/mol. The van der Waals surface area contributed by atoms with Crippen molar-refractivity contribution >= 4 is 17.9 Å². The first kappa shape index (κ1) is 10.7. The van der Waals surface area contributed by atoms with Gasteiger partial charge < -0.3 is 4.42 Å². The normalized spacial score (nSPS) is 10.3. The van der Waals surface area contributed by atoms with Gasteiger partial charge in [-0.25, -0.2) is 0 Å². The fraction of sp³-hybridized carbons (Fsp3) is 0.125. The van der Waals surface area contributed by atoms with Gasteiger partial charge >= 0.3 is 0 Å². The fourth-order valence-corrected chi connectivity index (χ4v) is 1.47. The standard InChI is InChI=1S/C8H9N5O2S/c1-5(14)10-13-16-8-9-7(11-12-8)6-3-2-4-15-6/h2-4,13H,1H3,(H,10,14)(H,9,11,12). The number of hydrazine groups is 1. The monoisotopic (exact) mass is 239 g/mol. The van der Waals surface area contributed by atoms with E-state index in [0.717, 1.165) is 11.9 Å². The summed E-state index contributed by atoms with van der Waals surface area (Å²) in [5.41, 5.74) is 2.39.